The van der Waals surface area contributed by atoms with Crippen LogP contribution in [0.4, 0.5) is 4.39 Å². The van der Waals surface area contributed by atoms with Crippen LogP contribution < -0.4 is 5.32 Å². The SMILES string of the molecule is O=C(COC(=O)c1cc(-c2ccc(F)cc2)nc2ccccc12)NC1CCS(=O)(=O)C1. The van der Waals surface area contributed by atoms with E-state index in [2.05, 4.69) is 10.3 Å². The van der Waals surface area contributed by atoms with E-state index in [1.807, 2.05) is 0 Å². The Kier molecular flexibility index (Phi) is 5.69. The first-order valence-corrected chi connectivity index (χ1v) is 11.5. The number of nitrogens with zero attached hydrogens (tertiary/aromatic N) is 1. The van der Waals surface area contributed by atoms with E-state index in [0.717, 1.165) is 0 Å². The number of sulfone groups is 1. The Balaban J connectivity index is 1.53. The lowest BCUT2D eigenvalue weighted by Gasteiger charge is -2.12. The van der Waals surface area contributed by atoms with E-state index >= 15 is 0 Å². The number of hydrogen-bond donors (Lipinski definition) is 1. The molecule has 7 nitrogen and oxygen atoms in total. The summed E-state index contributed by atoms with van der Waals surface area (Å²) in [5.74, 6) is -1.73. The first-order chi connectivity index (χ1) is 14.8. The molecule has 0 spiro atoms. The number of nitrogens with one attached hydrogen (secondary N) is 1. The van der Waals surface area contributed by atoms with Crippen molar-refractivity contribution < 1.29 is 27.1 Å². The maximum atomic E-state index is 13.3. The second-order valence-corrected chi connectivity index (χ2v) is 9.55. The fourth-order valence-corrected chi connectivity index (χ4v) is 5.17. The number of ether oxygens (including phenoxy) is 1. The van der Waals surface area contributed by atoms with Crippen molar-refractivity contribution in [3.05, 3.63) is 66.0 Å². The van der Waals surface area contributed by atoms with Crippen LogP contribution in [-0.2, 0) is 19.4 Å². The molecule has 0 aliphatic carbocycles. The molecular formula is C22H19FN2O5S. The third-order valence-corrected chi connectivity index (χ3v) is 6.78. The number of para-hydroxylation sites is 1. The predicted molar refractivity (Wildman–Crippen MR) is 113 cm³/mol. The standard InChI is InChI=1S/C22H19FN2O5S/c23-15-7-5-14(6-8-15)20-11-18(17-3-1-2-4-19(17)25-20)22(27)30-12-21(26)24-16-9-10-31(28,29)13-16/h1-8,11,16H,9-10,12-13H2,(H,24,26). The van der Waals surface area contributed by atoms with Crippen molar-refractivity contribution >= 4 is 32.6 Å². The van der Waals surface area contributed by atoms with Gasteiger partial charge in [-0.25, -0.2) is 22.6 Å². The van der Waals surface area contributed by atoms with Gasteiger partial charge in [-0.1, -0.05) is 18.2 Å². The summed E-state index contributed by atoms with van der Waals surface area (Å²) >= 11 is 0. The highest BCUT2D eigenvalue weighted by molar-refractivity contribution is 7.91. The molecule has 0 saturated carbocycles. The van der Waals surface area contributed by atoms with Crippen molar-refractivity contribution in [1.82, 2.24) is 10.3 Å². The smallest absolute Gasteiger partial charge is 0.339 e. The van der Waals surface area contributed by atoms with E-state index in [0.29, 0.717) is 28.6 Å². The minimum atomic E-state index is -3.13. The Morgan fingerprint density at radius 1 is 1.13 bits per heavy atom. The summed E-state index contributed by atoms with van der Waals surface area (Å²) in [4.78, 5) is 29.4. The fourth-order valence-electron chi connectivity index (χ4n) is 3.50. The van der Waals surface area contributed by atoms with Gasteiger partial charge in [0.05, 0.1) is 28.3 Å². The number of fused-ring (bicyclic) bond motifs is 1. The normalized spacial score (nSPS) is 17.4. The first kappa shape index (κ1) is 20.9. The topological polar surface area (TPSA) is 102 Å². The molecule has 1 saturated heterocycles. The molecule has 1 aromatic heterocycles. The Morgan fingerprint density at radius 2 is 1.87 bits per heavy atom. The summed E-state index contributed by atoms with van der Waals surface area (Å²) in [6, 6.07) is 13.8. The van der Waals surface area contributed by atoms with E-state index in [1.165, 1.54) is 12.1 Å². The van der Waals surface area contributed by atoms with E-state index in [1.54, 1.807) is 42.5 Å². The summed E-state index contributed by atoms with van der Waals surface area (Å²) in [5.41, 5.74) is 1.87. The number of rotatable bonds is 5. The van der Waals surface area contributed by atoms with Crippen LogP contribution in [-0.4, -0.2) is 49.4 Å². The van der Waals surface area contributed by atoms with Crippen LogP contribution in [0.15, 0.2) is 54.6 Å². The molecule has 1 N–H and O–H groups in total. The van der Waals surface area contributed by atoms with Crippen LogP contribution in [0.1, 0.15) is 16.8 Å². The highest BCUT2D eigenvalue weighted by Crippen LogP contribution is 2.25. The Bertz CT molecular complexity index is 1260. The molecule has 1 amide bonds. The Labute approximate surface area is 178 Å². The molecular weight excluding hydrogens is 423 g/mol. The highest BCUT2D eigenvalue weighted by atomic mass is 32.2. The molecule has 3 aromatic rings. The molecule has 1 aliphatic rings. The molecule has 0 radical (unpaired) electrons. The quantitative estimate of drug-likeness (QED) is 0.609. The van der Waals surface area contributed by atoms with Gasteiger partial charge < -0.3 is 10.1 Å². The molecule has 1 aliphatic heterocycles. The maximum absolute atomic E-state index is 13.3. The molecule has 1 atom stereocenters. The predicted octanol–water partition coefficient (Wildman–Crippen LogP) is 2.50. The summed E-state index contributed by atoms with van der Waals surface area (Å²) in [6.45, 7) is -0.530. The van der Waals surface area contributed by atoms with Gasteiger partial charge in [-0.05, 0) is 42.8 Å². The largest absolute Gasteiger partial charge is 0.452 e. The molecule has 31 heavy (non-hydrogen) atoms. The summed E-state index contributed by atoms with van der Waals surface area (Å²) in [7, 11) is -3.13. The summed E-state index contributed by atoms with van der Waals surface area (Å²) in [5, 5.41) is 3.13. The Hall–Kier alpha value is -3.33. The zero-order chi connectivity index (χ0) is 22.0. The van der Waals surface area contributed by atoms with Crippen LogP contribution in [0.3, 0.4) is 0 Å². The number of benzene rings is 2. The van der Waals surface area contributed by atoms with Gasteiger partial charge in [0.15, 0.2) is 16.4 Å². The third kappa shape index (κ3) is 4.88. The summed E-state index contributed by atoms with van der Waals surface area (Å²) in [6.07, 6.45) is 0.345. The number of carbonyl (C=O) groups excluding carboxylic acids is 2. The van der Waals surface area contributed by atoms with Crippen molar-refractivity contribution in [3.63, 3.8) is 0 Å². The number of esters is 1. The number of carbonyl (C=O) groups is 2. The van der Waals surface area contributed by atoms with Crippen molar-refractivity contribution in [2.75, 3.05) is 18.1 Å². The first-order valence-electron chi connectivity index (χ1n) is 9.63. The lowest BCUT2D eigenvalue weighted by Crippen LogP contribution is -2.38. The molecule has 9 heteroatoms. The lowest BCUT2D eigenvalue weighted by molar-refractivity contribution is -0.124. The van der Waals surface area contributed by atoms with E-state index in [-0.39, 0.29) is 22.9 Å². The Morgan fingerprint density at radius 3 is 2.58 bits per heavy atom. The highest BCUT2D eigenvalue weighted by Gasteiger charge is 2.29. The molecule has 2 heterocycles. The average Bonchev–Trinajstić information content (AvgIpc) is 3.09. The lowest BCUT2D eigenvalue weighted by atomic mass is 10.0. The van der Waals surface area contributed by atoms with Gasteiger partial charge in [-0.15, -0.1) is 0 Å². The number of hydrogen-bond acceptors (Lipinski definition) is 6. The zero-order valence-electron chi connectivity index (χ0n) is 16.4. The second kappa shape index (κ2) is 8.43. The fraction of sp³-hybridized carbons (Fsp3) is 0.227. The third-order valence-electron chi connectivity index (χ3n) is 5.01. The monoisotopic (exact) mass is 442 g/mol. The van der Waals surface area contributed by atoms with Gasteiger partial charge in [-0.3, -0.25) is 4.79 Å². The van der Waals surface area contributed by atoms with Gasteiger partial charge in [0.25, 0.3) is 5.91 Å². The number of pyridine rings is 1. The zero-order valence-corrected chi connectivity index (χ0v) is 17.2. The molecule has 160 valence electrons. The van der Waals surface area contributed by atoms with Crippen LogP contribution >= 0.6 is 0 Å². The van der Waals surface area contributed by atoms with E-state index < -0.39 is 34.4 Å². The van der Waals surface area contributed by atoms with Gasteiger partial charge in [0, 0.05) is 17.0 Å². The van der Waals surface area contributed by atoms with E-state index in [9.17, 15) is 22.4 Å². The van der Waals surface area contributed by atoms with Crippen molar-refractivity contribution in [2.45, 2.75) is 12.5 Å². The maximum Gasteiger partial charge on any atom is 0.339 e. The molecule has 0 bridgehead atoms. The minimum Gasteiger partial charge on any atom is -0.452 e. The number of aromatic nitrogens is 1. The van der Waals surface area contributed by atoms with Crippen LogP contribution in [0.2, 0.25) is 0 Å². The number of halogens is 1. The van der Waals surface area contributed by atoms with Crippen LogP contribution in [0.5, 0.6) is 0 Å². The van der Waals surface area contributed by atoms with Crippen molar-refractivity contribution in [2.24, 2.45) is 0 Å². The molecule has 4 rings (SSSR count). The van der Waals surface area contributed by atoms with E-state index in [4.69, 9.17) is 4.74 Å². The molecule has 2 aromatic carbocycles. The molecule has 1 unspecified atom stereocenters. The average molecular weight is 442 g/mol. The van der Waals surface area contributed by atoms with Crippen molar-refractivity contribution in [3.8, 4) is 11.3 Å². The molecule has 1 fully saturated rings. The van der Waals surface area contributed by atoms with Crippen LogP contribution in [0, 0.1) is 5.82 Å². The second-order valence-electron chi connectivity index (χ2n) is 7.32. The van der Waals surface area contributed by atoms with Gasteiger partial charge >= 0.3 is 5.97 Å². The van der Waals surface area contributed by atoms with Crippen molar-refractivity contribution in [1.29, 1.82) is 0 Å². The minimum absolute atomic E-state index is 0.0346. The van der Waals surface area contributed by atoms with Gasteiger partial charge in [0.2, 0.25) is 0 Å². The van der Waals surface area contributed by atoms with Gasteiger partial charge in [-0.2, -0.15) is 0 Å². The van der Waals surface area contributed by atoms with Crippen LogP contribution in [0.25, 0.3) is 22.2 Å². The van der Waals surface area contributed by atoms with Gasteiger partial charge in [0.1, 0.15) is 5.82 Å². The summed E-state index contributed by atoms with van der Waals surface area (Å²) < 4.78 is 41.4. The number of amides is 1.